The summed E-state index contributed by atoms with van der Waals surface area (Å²) in [4.78, 5) is 0. The van der Waals surface area contributed by atoms with Crippen LogP contribution < -0.4 is 0 Å². The lowest BCUT2D eigenvalue weighted by molar-refractivity contribution is -0.127. The third kappa shape index (κ3) is 3.36. The Morgan fingerprint density at radius 1 is 0.923 bits per heavy atom. The van der Waals surface area contributed by atoms with Crippen LogP contribution in [0.1, 0.15) is 16.7 Å². The zero-order valence-corrected chi connectivity index (χ0v) is 13.2. The van der Waals surface area contributed by atoms with Crippen molar-refractivity contribution in [3.8, 4) is 23.3 Å². The van der Waals surface area contributed by atoms with Crippen molar-refractivity contribution in [2.24, 2.45) is 0 Å². The number of fused-ring (bicyclic) bond motifs is 1. The molecule has 0 aliphatic heterocycles. The molecule has 6 heteroatoms. The number of alkyl halides is 3. The van der Waals surface area contributed by atoms with Crippen molar-refractivity contribution in [3.63, 3.8) is 0 Å². The standard InChI is InChI=1S/C20H10F4N2/c21-16-5-4-13-7-15(10-25)18(11-26)19(17(13)8-16)14-3-1-2-12(6-14)9-20(22,23)24/h1-8H,9H2. The molecule has 0 N–H and O–H groups in total. The fourth-order valence-electron chi connectivity index (χ4n) is 2.94. The molecule has 3 aromatic carbocycles. The summed E-state index contributed by atoms with van der Waals surface area (Å²) < 4.78 is 51.9. The maximum Gasteiger partial charge on any atom is 0.393 e. The van der Waals surface area contributed by atoms with E-state index in [0.29, 0.717) is 16.3 Å². The van der Waals surface area contributed by atoms with E-state index >= 15 is 0 Å². The summed E-state index contributed by atoms with van der Waals surface area (Å²) in [6.45, 7) is 0. The molecule has 0 amide bonds. The normalized spacial score (nSPS) is 11.2. The van der Waals surface area contributed by atoms with Crippen LogP contribution >= 0.6 is 0 Å². The highest BCUT2D eigenvalue weighted by atomic mass is 19.4. The molecule has 0 unspecified atom stereocenters. The lowest BCUT2D eigenvalue weighted by atomic mass is 9.89. The minimum Gasteiger partial charge on any atom is -0.207 e. The summed E-state index contributed by atoms with van der Waals surface area (Å²) in [7, 11) is 0. The summed E-state index contributed by atoms with van der Waals surface area (Å²) in [6.07, 6.45) is -5.49. The molecule has 0 aliphatic carbocycles. The number of nitriles is 2. The van der Waals surface area contributed by atoms with E-state index in [1.54, 1.807) is 6.07 Å². The Balaban J connectivity index is 2.34. The van der Waals surface area contributed by atoms with Gasteiger partial charge in [-0.25, -0.2) is 4.39 Å². The molecule has 3 rings (SSSR count). The highest BCUT2D eigenvalue weighted by Gasteiger charge is 2.28. The molecule has 128 valence electrons. The molecule has 3 aromatic rings. The Labute approximate surface area is 146 Å². The van der Waals surface area contributed by atoms with E-state index in [9.17, 15) is 28.1 Å². The second kappa shape index (κ2) is 6.50. The number of hydrogen-bond donors (Lipinski definition) is 0. The van der Waals surface area contributed by atoms with Crippen molar-refractivity contribution in [1.82, 2.24) is 0 Å². The number of nitrogens with zero attached hydrogens (tertiary/aromatic N) is 2. The van der Waals surface area contributed by atoms with Gasteiger partial charge in [-0.2, -0.15) is 23.7 Å². The maximum atomic E-state index is 13.8. The van der Waals surface area contributed by atoms with Gasteiger partial charge in [0.25, 0.3) is 0 Å². The summed E-state index contributed by atoms with van der Waals surface area (Å²) in [5.74, 6) is -0.543. The number of hydrogen-bond acceptors (Lipinski definition) is 2. The Hall–Kier alpha value is -3.38. The van der Waals surface area contributed by atoms with Crippen molar-refractivity contribution in [2.75, 3.05) is 0 Å². The van der Waals surface area contributed by atoms with Gasteiger partial charge in [0, 0.05) is 5.56 Å². The molecular weight excluding hydrogens is 344 g/mol. The fourth-order valence-corrected chi connectivity index (χ4v) is 2.94. The first-order chi connectivity index (χ1) is 12.3. The molecule has 0 saturated heterocycles. The second-order valence-corrected chi connectivity index (χ2v) is 5.76. The van der Waals surface area contributed by atoms with Crippen LogP contribution in [-0.4, -0.2) is 6.18 Å². The predicted octanol–water partition coefficient (Wildman–Crippen LogP) is 5.49. The lowest BCUT2D eigenvalue weighted by Gasteiger charge is -2.13. The minimum absolute atomic E-state index is 0.00904. The molecular formula is C20H10F4N2. The van der Waals surface area contributed by atoms with Crippen LogP contribution in [-0.2, 0) is 6.42 Å². The zero-order chi connectivity index (χ0) is 18.9. The Bertz CT molecular complexity index is 1090. The van der Waals surface area contributed by atoms with Gasteiger partial charge < -0.3 is 0 Å². The number of halogens is 4. The molecule has 0 heterocycles. The van der Waals surface area contributed by atoms with Gasteiger partial charge in [-0.1, -0.05) is 30.3 Å². The Morgan fingerprint density at radius 3 is 2.35 bits per heavy atom. The van der Waals surface area contributed by atoms with E-state index in [1.165, 1.54) is 42.5 Å². The monoisotopic (exact) mass is 354 g/mol. The smallest absolute Gasteiger partial charge is 0.207 e. The molecule has 0 spiro atoms. The van der Waals surface area contributed by atoms with Gasteiger partial charge in [0.2, 0.25) is 0 Å². The van der Waals surface area contributed by atoms with Gasteiger partial charge in [-0.15, -0.1) is 0 Å². The SMILES string of the molecule is N#Cc1cc2ccc(F)cc2c(-c2cccc(CC(F)(F)F)c2)c1C#N. The van der Waals surface area contributed by atoms with E-state index in [0.717, 1.165) is 0 Å². The van der Waals surface area contributed by atoms with E-state index < -0.39 is 18.4 Å². The van der Waals surface area contributed by atoms with E-state index in [1.807, 2.05) is 12.1 Å². The van der Waals surface area contributed by atoms with Crippen LogP contribution in [0.2, 0.25) is 0 Å². The molecule has 0 aromatic heterocycles. The van der Waals surface area contributed by atoms with E-state index in [4.69, 9.17) is 0 Å². The van der Waals surface area contributed by atoms with Crippen molar-refractivity contribution in [2.45, 2.75) is 12.6 Å². The number of rotatable bonds is 2. The lowest BCUT2D eigenvalue weighted by Crippen LogP contribution is -2.11. The van der Waals surface area contributed by atoms with Gasteiger partial charge in [0.05, 0.1) is 17.5 Å². The quantitative estimate of drug-likeness (QED) is 0.571. The largest absolute Gasteiger partial charge is 0.393 e. The third-order valence-electron chi connectivity index (χ3n) is 3.96. The predicted molar refractivity (Wildman–Crippen MR) is 88.5 cm³/mol. The summed E-state index contributed by atoms with van der Waals surface area (Å²) >= 11 is 0. The first-order valence-electron chi connectivity index (χ1n) is 7.55. The van der Waals surface area contributed by atoms with Gasteiger partial charge >= 0.3 is 6.18 Å². The first kappa shape index (κ1) is 17.4. The second-order valence-electron chi connectivity index (χ2n) is 5.76. The molecule has 0 aliphatic rings. The summed E-state index contributed by atoms with van der Waals surface area (Å²) in [6, 6.07) is 14.9. The molecule has 2 nitrogen and oxygen atoms in total. The first-order valence-corrected chi connectivity index (χ1v) is 7.55. The molecule has 0 fully saturated rings. The molecule has 26 heavy (non-hydrogen) atoms. The van der Waals surface area contributed by atoms with Crippen LogP contribution in [0.25, 0.3) is 21.9 Å². The Morgan fingerprint density at radius 2 is 1.69 bits per heavy atom. The van der Waals surface area contributed by atoms with Crippen LogP contribution in [0.5, 0.6) is 0 Å². The topological polar surface area (TPSA) is 47.6 Å². The van der Waals surface area contributed by atoms with Gasteiger partial charge in [0.1, 0.15) is 18.0 Å². The van der Waals surface area contributed by atoms with Crippen molar-refractivity contribution >= 4 is 10.8 Å². The van der Waals surface area contributed by atoms with Gasteiger partial charge in [-0.3, -0.25) is 0 Å². The van der Waals surface area contributed by atoms with Crippen LogP contribution in [0.4, 0.5) is 17.6 Å². The van der Waals surface area contributed by atoms with Crippen LogP contribution in [0.15, 0.2) is 48.5 Å². The maximum absolute atomic E-state index is 13.8. The van der Waals surface area contributed by atoms with E-state index in [-0.39, 0.29) is 22.3 Å². The Kier molecular flexibility index (Phi) is 4.36. The van der Waals surface area contributed by atoms with Gasteiger partial charge in [-0.05, 0) is 40.1 Å². The molecule has 0 saturated carbocycles. The molecule has 0 radical (unpaired) electrons. The summed E-state index contributed by atoms with van der Waals surface area (Å²) in [5.41, 5.74) is 0.699. The van der Waals surface area contributed by atoms with Gasteiger partial charge in [0.15, 0.2) is 0 Å². The minimum atomic E-state index is -4.38. The van der Waals surface area contributed by atoms with E-state index in [2.05, 4.69) is 0 Å². The van der Waals surface area contributed by atoms with Crippen molar-refractivity contribution in [3.05, 3.63) is 71.0 Å². The van der Waals surface area contributed by atoms with Crippen molar-refractivity contribution < 1.29 is 17.6 Å². The molecule has 0 atom stereocenters. The summed E-state index contributed by atoms with van der Waals surface area (Å²) in [5, 5.41) is 19.7. The number of benzene rings is 3. The van der Waals surface area contributed by atoms with Crippen molar-refractivity contribution in [1.29, 1.82) is 10.5 Å². The average Bonchev–Trinajstić information content (AvgIpc) is 2.58. The molecule has 0 bridgehead atoms. The zero-order valence-electron chi connectivity index (χ0n) is 13.2. The fraction of sp³-hybridized carbons (Fsp3) is 0.100. The average molecular weight is 354 g/mol. The van der Waals surface area contributed by atoms with Crippen LogP contribution in [0, 0.1) is 28.5 Å². The highest BCUT2D eigenvalue weighted by Crippen LogP contribution is 2.35. The van der Waals surface area contributed by atoms with Crippen LogP contribution in [0.3, 0.4) is 0 Å². The highest BCUT2D eigenvalue weighted by molar-refractivity contribution is 6.01. The third-order valence-corrected chi connectivity index (χ3v) is 3.96.